The highest BCUT2D eigenvalue weighted by molar-refractivity contribution is 7.05. The van der Waals surface area contributed by atoms with Crippen molar-refractivity contribution in [1.29, 1.82) is 0 Å². The molecule has 2 aromatic rings. The van der Waals surface area contributed by atoms with E-state index in [1.807, 2.05) is 18.2 Å². The highest BCUT2D eigenvalue weighted by Crippen LogP contribution is 2.31. The number of rotatable bonds is 4. The average Bonchev–Trinajstić information content (AvgIpc) is 2.90. The molecule has 1 heterocycles. The first-order chi connectivity index (χ1) is 8.26. The summed E-state index contributed by atoms with van der Waals surface area (Å²) in [5.74, 6) is 1.35. The van der Waals surface area contributed by atoms with Crippen molar-refractivity contribution in [3.63, 3.8) is 0 Å². The third-order valence-corrected chi connectivity index (χ3v) is 3.20. The van der Waals surface area contributed by atoms with E-state index in [0.717, 1.165) is 10.4 Å². The molecular formula is C11H13N3O2S. The van der Waals surface area contributed by atoms with Gasteiger partial charge in [0.1, 0.15) is 0 Å². The SMILES string of the molecule is COc1ccc(C(N)c2cnns2)cc1OC. The van der Waals surface area contributed by atoms with Gasteiger partial charge in [0.05, 0.1) is 31.3 Å². The van der Waals surface area contributed by atoms with Gasteiger partial charge in [0, 0.05) is 0 Å². The van der Waals surface area contributed by atoms with E-state index in [0.29, 0.717) is 11.5 Å². The summed E-state index contributed by atoms with van der Waals surface area (Å²) in [6.07, 6.45) is 1.67. The minimum Gasteiger partial charge on any atom is -0.493 e. The molecule has 1 unspecified atom stereocenters. The Kier molecular flexibility index (Phi) is 3.55. The van der Waals surface area contributed by atoms with Gasteiger partial charge >= 0.3 is 0 Å². The molecule has 0 bridgehead atoms. The largest absolute Gasteiger partial charge is 0.493 e. The van der Waals surface area contributed by atoms with E-state index in [2.05, 4.69) is 9.59 Å². The highest BCUT2D eigenvalue weighted by Gasteiger charge is 2.14. The van der Waals surface area contributed by atoms with Crippen LogP contribution < -0.4 is 15.2 Å². The average molecular weight is 251 g/mol. The lowest BCUT2D eigenvalue weighted by molar-refractivity contribution is 0.354. The molecule has 0 saturated carbocycles. The molecule has 1 atom stereocenters. The topological polar surface area (TPSA) is 70.3 Å². The van der Waals surface area contributed by atoms with Gasteiger partial charge in [-0.1, -0.05) is 10.6 Å². The van der Waals surface area contributed by atoms with Crippen LogP contribution in [0.2, 0.25) is 0 Å². The molecule has 0 aliphatic carbocycles. The summed E-state index contributed by atoms with van der Waals surface area (Å²) in [7, 11) is 3.20. The third kappa shape index (κ3) is 2.37. The van der Waals surface area contributed by atoms with E-state index in [9.17, 15) is 0 Å². The van der Waals surface area contributed by atoms with Crippen LogP contribution in [0, 0.1) is 0 Å². The van der Waals surface area contributed by atoms with Gasteiger partial charge in [0.25, 0.3) is 0 Å². The van der Waals surface area contributed by atoms with Gasteiger partial charge < -0.3 is 15.2 Å². The molecule has 2 rings (SSSR count). The van der Waals surface area contributed by atoms with Crippen LogP contribution in [0.4, 0.5) is 0 Å². The van der Waals surface area contributed by atoms with Crippen LogP contribution in [0.5, 0.6) is 11.5 Å². The molecule has 17 heavy (non-hydrogen) atoms. The van der Waals surface area contributed by atoms with Crippen molar-refractivity contribution in [2.24, 2.45) is 5.73 Å². The van der Waals surface area contributed by atoms with Crippen LogP contribution in [0.1, 0.15) is 16.5 Å². The number of hydrogen-bond acceptors (Lipinski definition) is 6. The zero-order valence-corrected chi connectivity index (χ0v) is 10.4. The Bertz CT molecular complexity index is 487. The second-order valence-corrected chi connectivity index (χ2v) is 4.23. The van der Waals surface area contributed by atoms with Crippen molar-refractivity contribution >= 4 is 11.5 Å². The molecule has 6 heteroatoms. The molecule has 0 amide bonds. The number of benzene rings is 1. The zero-order valence-electron chi connectivity index (χ0n) is 9.58. The fourth-order valence-electron chi connectivity index (χ4n) is 1.52. The molecule has 0 radical (unpaired) electrons. The quantitative estimate of drug-likeness (QED) is 0.893. The zero-order chi connectivity index (χ0) is 12.3. The molecule has 0 fully saturated rings. The fraction of sp³-hybridized carbons (Fsp3) is 0.273. The Morgan fingerprint density at radius 2 is 2.00 bits per heavy atom. The van der Waals surface area contributed by atoms with Crippen LogP contribution in [0.25, 0.3) is 0 Å². The van der Waals surface area contributed by atoms with Crippen LogP contribution in [0.3, 0.4) is 0 Å². The van der Waals surface area contributed by atoms with Crippen molar-refractivity contribution in [3.8, 4) is 11.5 Å². The molecule has 0 aliphatic rings. The van der Waals surface area contributed by atoms with E-state index in [-0.39, 0.29) is 6.04 Å². The monoisotopic (exact) mass is 251 g/mol. The first-order valence-electron chi connectivity index (χ1n) is 5.01. The Labute approximate surface area is 103 Å². The molecule has 0 spiro atoms. The molecule has 0 aliphatic heterocycles. The molecule has 2 N–H and O–H groups in total. The van der Waals surface area contributed by atoms with Crippen LogP contribution in [-0.2, 0) is 0 Å². The minimum atomic E-state index is -0.241. The lowest BCUT2D eigenvalue weighted by Gasteiger charge is -2.13. The van der Waals surface area contributed by atoms with Gasteiger partial charge in [-0.25, -0.2) is 0 Å². The molecule has 1 aromatic heterocycles. The minimum absolute atomic E-state index is 0.241. The number of aromatic nitrogens is 2. The van der Waals surface area contributed by atoms with Crippen LogP contribution >= 0.6 is 11.5 Å². The number of hydrogen-bond donors (Lipinski definition) is 1. The van der Waals surface area contributed by atoms with Crippen molar-refractivity contribution in [2.75, 3.05) is 14.2 Å². The van der Waals surface area contributed by atoms with Gasteiger partial charge in [-0.05, 0) is 29.2 Å². The maximum absolute atomic E-state index is 6.11. The summed E-state index contributed by atoms with van der Waals surface area (Å²) in [5, 5.41) is 3.78. The van der Waals surface area contributed by atoms with E-state index in [1.165, 1.54) is 11.5 Å². The number of ether oxygens (including phenoxy) is 2. The van der Waals surface area contributed by atoms with E-state index in [4.69, 9.17) is 15.2 Å². The molecule has 0 saturated heterocycles. The van der Waals surface area contributed by atoms with E-state index >= 15 is 0 Å². The number of nitrogens with two attached hydrogens (primary N) is 1. The summed E-state index contributed by atoms with van der Waals surface area (Å²) < 4.78 is 14.2. The van der Waals surface area contributed by atoms with Gasteiger partial charge in [0.15, 0.2) is 11.5 Å². The smallest absolute Gasteiger partial charge is 0.161 e. The van der Waals surface area contributed by atoms with Gasteiger partial charge in [-0.15, -0.1) is 5.10 Å². The predicted octanol–water partition coefficient (Wildman–Crippen LogP) is 1.60. The second-order valence-electron chi connectivity index (χ2n) is 3.41. The van der Waals surface area contributed by atoms with Gasteiger partial charge in [0.2, 0.25) is 0 Å². The van der Waals surface area contributed by atoms with Crippen LogP contribution in [0.15, 0.2) is 24.4 Å². The van der Waals surface area contributed by atoms with Crippen molar-refractivity contribution in [1.82, 2.24) is 9.59 Å². The molecule has 1 aromatic carbocycles. The Hall–Kier alpha value is -1.66. The van der Waals surface area contributed by atoms with Crippen LogP contribution in [-0.4, -0.2) is 23.8 Å². The maximum atomic E-state index is 6.11. The summed E-state index contributed by atoms with van der Waals surface area (Å²) in [6.45, 7) is 0. The van der Waals surface area contributed by atoms with E-state index in [1.54, 1.807) is 20.4 Å². The predicted molar refractivity (Wildman–Crippen MR) is 65.5 cm³/mol. The number of methoxy groups -OCH3 is 2. The van der Waals surface area contributed by atoms with Crippen molar-refractivity contribution in [3.05, 3.63) is 34.8 Å². The second kappa shape index (κ2) is 5.11. The lowest BCUT2D eigenvalue weighted by Crippen LogP contribution is -2.10. The summed E-state index contributed by atoms with van der Waals surface area (Å²) in [5.41, 5.74) is 7.05. The lowest BCUT2D eigenvalue weighted by atomic mass is 10.1. The first kappa shape index (κ1) is 11.8. The van der Waals surface area contributed by atoms with E-state index < -0.39 is 0 Å². The van der Waals surface area contributed by atoms with Crippen molar-refractivity contribution in [2.45, 2.75) is 6.04 Å². The Morgan fingerprint density at radius 3 is 2.59 bits per heavy atom. The summed E-state index contributed by atoms with van der Waals surface area (Å²) in [4.78, 5) is 0.914. The molecule has 5 nitrogen and oxygen atoms in total. The Balaban J connectivity index is 2.33. The molecule has 90 valence electrons. The Morgan fingerprint density at radius 1 is 1.24 bits per heavy atom. The number of nitrogens with zero attached hydrogens (tertiary/aromatic N) is 2. The van der Waals surface area contributed by atoms with Crippen molar-refractivity contribution < 1.29 is 9.47 Å². The summed E-state index contributed by atoms with van der Waals surface area (Å²) >= 11 is 1.29. The van der Waals surface area contributed by atoms with Gasteiger partial charge in [-0.2, -0.15) is 0 Å². The fourth-order valence-corrected chi connectivity index (χ4v) is 2.05. The maximum Gasteiger partial charge on any atom is 0.161 e. The normalized spacial score (nSPS) is 12.2. The third-order valence-electron chi connectivity index (χ3n) is 2.45. The summed E-state index contributed by atoms with van der Waals surface area (Å²) in [6, 6.07) is 5.37. The molecular weight excluding hydrogens is 238 g/mol. The standard InChI is InChI=1S/C11H13N3O2S/c1-15-8-4-3-7(5-9(8)16-2)11(12)10-6-13-14-17-10/h3-6,11H,12H2,1-2H3. The highest BCUT2D eigenvalue weighted by atomic mass is 32.1. The first-order valence-corrected chi connectivity index (χ1v) is 5.78. The van der Waals surface area contributed by atoms with Gasteiger partial charge in [-0.3, -0.25) is 0 Å².